The van der Waals surface area contributed by atoms with E-state index < -0.39 is 0 Å². The second-order valence-corrected chi connectivity index (χ2v) is 5.47. The molecule has 108 valence electrons. The fourth-order valence-corrected chi connectivity index (χ4v) is 2.35. The zero-order valence-corrected chi connectivity index (χ0v) is 13.0. The van der Waals surface area contributed by atoms with E-state index in [2.05, 4.69) is 11.2 Å². The number of nitrogens with zero attached hydrogens (tertiary/aromatic N) is 2. The first-order valence-corrected chi connectivity index (χ1v) is 6.95. The van der Waals surface area contributed by atoms with Gasteiger partial charge in [0.25, 0.3) is 0 Å². The lowest BCUT2D eigenvalue weighted by atomic mass is 10.1. The summed E-state index contributed by atoms with van der Waals surface area (Å²) in [6.07, 6.45) is 0. The van der Waals surface area contributed by atoms with Crippen molar-refractivity contribution in [2.75, 3.05) is 0 Å². The van der Waals surface area contributed by atoms with Gasteiger partial charge in [0.05, 0.1) is 16.4 Å². The first-order chi connectivity index (χ1) is 9.40. The van der Waals surface area contributed by atoms with Gasteiger partial charge in [0.15, 0.2) is 0 Å². The van der Waals surface area contributed by atoms with Gasteiger partial charge in [0.1, 0.15) is 12.4 Å². The summed E-state index contributed by atoms with van der Waals surface area (Å²) in [6, 6.07) is 5.94. The average molecular weight is 294 g/mol. The molecule has 0 aliphatic heterocycles. The van der Waals surface area contributed by atoms with Crippen molar-refractivity contribution < 1.29 is 4.74 Å². The molecule has 1 aromatic heterocycles. The Morgan fingerprint density at radius 3 is 2.65 bits per heavy atom. The van der Waals surface area contributed by atoms with Gasteiger partial charge in [-0.15, -0.1) is 0 Å². The molecule has 1 heterocycles. The van der Waals surface area contributed by atoms with Gasteiger partial charge in [-0.05, 0) is 26.8 Å². The number of aromatic nitrogens is 2. The molecule has 2 rings (SSSR count). The van der Waals surface area contributed by atoms with Crippen molar-refractivity contribution in [1.82, 2.24) is 9.78 Å². The third kappa shape index (κ3) is 2.97. The summed E-state index contributed by atoms with van der Waals surface area (Å²) in [6.45, 7) is 6.24. The maximum atomic E-state index is 6.22. The molecule has 1 atom stereocenters. The van der Waals surface area contributed by atoms with Crippen LogP contribution in [0.2, 0.25) is 5.02 Å². The Morgan fingerprint density at radius 1 is 1.40 bits per heavy atom. The summed E-state index contributed by atoms with van der Waals surface area (Å²) in [5, 5.41) is 4.93. The Labute approximate surface area is 124 Å². The van der Waals surface area contributed by atoms with Crippen LogP contribution in [0.25, 0.3) is 0 Å². The zero-order chi connectivity index (χ0) is 14.9. The molecule has 0 radical (unpaired) electrons. The molecule has 0 saturated heterocycles. The lowest BCUT2D eigenvalue weighted by Crippen LogP contribution is -2.10. The van der Waals surface area contributed by atoms with Crippen LogP contribution in [0.5, 0.6) is 5.75 Å². The van der Waals surface area contributed by atoms with Crippen LogP contribution in [0, 0.1) is 13.8 Å². The third-order valence-corrected chi connectivity index (χ3v) is 3.77. The van der Waals surface area contributed by atoms with E-state index in [9.17, 15) is 0 Å². The second kappa shape index (κ2) is 5.85. The zero-order valence-electron chi connectivity index (χ0n) is 12.3. The van der Waals surface area contributed by atoms with Gasteiger partial charge in [-0.1, -0.05) is 29.3 Å². The van der Waals surface area contributed by atoms with Crippen molar-refractivity contribution in [3.8, 4) is 5.75 Å². The molecular formula is C15H20ClN3O. The van der Waals surface area contributed by atoms with Gasteiger partial charge in [0, 0.05) is 18.7 Å². The summed E-state index contributed by atoms with van der Waals surface area (Å²) < 4.78 is 7.64. The first-order valence-electron chi connectivity index (χ1n) is 6.57. The van der Waals surface area contributed by atoms with Crippen LogP contribution in [-0.2, 0) is 13.7 Å². The largest absolute Gasteiger partial charge is 0.487 e. The Morgan fingerprint density at radius 2 is 2.10 bits per heavy atom. The number of halogens is 1. The van der Waals surface area contributed by atoms with Gasteiger partial charge in [0.2, 0.25) is 0 Å². The molecule has 1 aromatic carbocycles. The molecule has 0 bridgehead atoms. The van der Waals surface area contributed by atoms with Crippen LogP contribution in [0.15, 0.2) is 18.2 Å². The standard InChI is InChI=1S/C15H20ClN3O/c1-9-5-6-14(12(7-9)10(2)17)20-8-13-15(16)11(3)18-19(13)4/h5-7,10H,8,17H2,1-4H3. The molecule has 20 heavy (non-hydrogen) atoms. The van der Waals surface area contributed by atoms with Crippen LogP contribution in [0.3, 0.4) is 0 Å². The van der Waals surface area contributed by atoms with Gasteiger partial charge in [-0.2, -0.15) is 5.10 Å². The predicted molar refractivity (Wildman–Crippen MR) is 81.1 cm³/mol. The molecular weight excluding hydrogens is 274 g/mol. The maximum Gasteiger partial charge on any atom is 0.131 e. The van der Waals surface area contributed by atoms with Crippen LogP contribution in [-0.4, -0.2) is 9.78 Å². The number of ether oxygens (including phenoxy) is 1. The van der Waals surface area contributed by atoms with Crippen molar-refractivity contribution in [1.29, 1.82) is 0 Å². The van der Waals surface area contributed by atoms with E-state index in [1.165, 1.54) is 5.56 Å². The minimum atomic E-state index is -0.0753. The van der Waals surface area contributed by atoms with Crippen molar-refractivity contribution in [3.63, 3.8) is 0 Å². The summed E-state index contributed by atoms with van der Waals surface area (Å²) in [7, 11) is 1.86. The number of hydrogen-bond donors (Lipinski definition) is 1. The number of nitrogens with two attached hydrogens (primary N) is 1. The van der Waals surface area contributed by atoms with E-state index >= 15 is 0 Å². The minimum Gasteiger partial charge on any atom is -0.487 e. The van der Waals surface area contributed by atoms with Crippen LogP contribution < -0.4 is 10.5 Å². The highest BCUT2D eigenvalue weighted by atomic mass is 35.5. The van der Waals surface area contributed by atoms with E-state index in [1.54, 1.807) is 4.68 Å². The molecule has 5 heteroatoms. The maximum absolute atomic E-state index is 6.22. The monoisotopic (exact) mass is 293 g/mol. The molecule has 2 N–H and O–H groups in total. The lowest BCUT2D eigenvalue weighted by molar-refractivity contribution is 0.290. The summed E-state index contributed by atoms with van der Waals surface area (Å²) in [5.74, 6) is 0.792. The van der Waals surface area contributed by atoms with Crippen LogP contribution in [0.4, 0.5) is 0 Å². The normalized spacial score (nSPS) is 12.5. The third-order valence-electron chi connectivity index (χ3n) is 3.28. The van der Waals surface area contributed by atoms with Crippen molar-refractivity contribution in [2.24, 2.45) is 12.8 Å². The summed E-state index contributed by atoms with van der Waals surface area (Å²) in [5.41, 5.74) is 9.83. The van der Waals surface area contributed by atoms with E-state index in [-0.39, 0.29) is 6.04 Å². The number of hydrogen-bond acceptors (Lipinski definition) is 3. The quantitative estimate of drug-likeness (QED) is 0.941. The summed E-state index contributed by atoms with van der Waals surface area (Å²) >= 11 is 6.22. The lowest BCUT2D eigenvalue weighted by Gasteiger charge is -2.15. The molecule has 0 amide bonds. The molecule has 0 aliphatic carbocycles. The van der Waals surface area contributed by atoms with E-state index in [1.807, 2.05) is 40.0 Å². The van der Waals surface area contributed by atoms with Gasteiger partial charge >= 0.3 is 0 Å². The molecule has 0 spiro atoms. The Balaban J connectivity index is 2.23. The Bertz CT molecular complexity index is 620. The van der Waals surface area contributed by atoms with Crippen LogP contribution in [0.1, 0.15) is 35.5 Å². The molecule has 4 nitrogen and oxygen atoms in total. The Kier molecular flexibility index (Phi) is 4.35. The highest BCUT2D eigenvalue weighted by Gasteiger charge is 2.14. The predicted octanol–water partition coefficient (Wildman–Crippen LogP) is 3.29. The highest BCUT2D eigenvalue weighted by molar-refractivity contribution is 6.31. The fourth-order valence-electron chi connectivity index (χ4n) is 2.14. The smallest absolute Gasteiger partial charge is 0.131 e. The first kappa shape index (κ1) is 14.9. The molecule has 2 aromatic rings. The highest BCUT2D eigenvalue weighted by Crippen LogP contribution is 2.27. The van der Waals surface area contributed by atoms with Crippen molar-refractivity contribution in [3.05, 3.63) is 45.7 Å². The molecule has 1 unspecified atom stereocenters. The second-order valence-electron chi connectivity index (χ2n) is 5.09. The molecule has 0 saturated carbocycles. The van der Waals surface area contributed by atoms with E-state index in [0.717, 1.165) is 22.7 Å². The number of benzene rings is 1. The van der Waals surface area contributed by atoms with E-state index in [4.69, 9.17) is 22.1 Å². The molecule has 0 aliphatic rings. The van der Waals surface area contributed by atoms with Gasteiger partial charge < -0.3 is 10.5 Å². The average Bonchev–Trinajstić information content (AvgIpc) is 2.62. The van der Waals surface area contributed by atoms with Crippen molar-refractivity contribution >= 4 is 11.6 Å². The minimum absolute atomic E-state index is 0.0753. The summed E-state index contributed by atoms with van der Waals surface area (Å²) in [4.78, 5) is 0. The SMILES string of the molecule is Cc1ccc(OCc2c(Cl)c(C)nn2C)c(C(C)N)c1. The molecule has 0 fully saturated rings. The van der Waals surface area contributed by atoms with Gasteiger partial charge in [-0.25, -0.2) is 0 Å². The van der Waals surface area contributed by atoms with Crippen molar-refractivity contribution in [2.45, 2.75) is 33.4 Å². The Hall–Kier alpha value is -1.52. The van der Waals surface area contributed by atoms with Crippen LogP contribution >= 0.6 is 11.6 Å². The number of aryl methyl sites for hydroxylation is 3. The number of rotatable bonds is 4. The van der Waals surface area contributed by atoms with Gasteiger partial charge in [-0.3, -0.25) is 4.68 Å². The van der Waals surface area contributed by atoms with E-state index in [0.29, 0.717) is 11.6 Å². The topological polar surface area (TPSA) is 53.1 Å². The fraction of sp³-hybridized carbons (Fsp3) is 0.400.